The van der Waals surface area contributed by atoms with Crippen LogP contribution in [-0.2, 0) is 4.79 Å². The number of hydrogen-bond acceptors (Lipinski definition) is 5. The van der Waals surface area contributed by atoms with Crippen molar-refractivity contribution in [2.45, 2.75) is 0 Å². The molecule has 0 fully saturated rings. The van der Waals surface area contributed by atoms with Crippen LogP contribution < -0.4 is 24.8 Å². The Balaban J connectivity index is 2.05. The van der Waals surface area contributed by atoms with Gasteiger partial charge in [0, 0.05) is 28.5 Å². The number of hydrogen-bond donors (Lipinski definition) is 2. The second-order valence-electron chi connectivity index (χ2n) is 4.83. The summed E-state index contributed by atoms with van der Waals surface area (Å²) in [7, 11) is 4.56. The highest BCUT2D eigenvalue weighted by Crippen LogP contribution is 2.39. The molecule has 0 saturated carbocycles. The smallest absolute Gasteiger partial charge is 0.243 e. The highest BCUT2D eigenvalue weighted by atomic mass is 35.5. The lowest BCUT2D eigenvalue weighted by atomic mass is 10.2. The molecule has 0 aliphatic rings. The maximum absolute atomic E-state index is 12.1. The third kappa shape index (κ3) is 4.45. The molecule has 2 aromatic rings. The van der Waals surface area contributed by atoms with Gasteiger partial charge < -0.3 is 24.8 Å². The van der Waals surface area contributed by atoms with Gasteiger partial charge in [0.25, 0.3) is 0 Å². The maximum Gasteiger partial charge on any atom is 0.243 e. The largest absolute Gasteiger partial charge is 0.493 e. The lowest BCUT2D eigenvalue weighted by molar-refractivity contribution is -0.114. The Morgan fingerprint density at radius 1 is 1.00 bits per heavy atom. The summed E-state index contributed by atoms with van der Waals surface area (Å²) in [4.78, 5) is 12.1. The molecule has 6 nitrogen and oxygen atoms in total. The van der Waals surface area contributed by atoms with E-state index in [4.69, 9.17) is 25.8 Å². The lowest BCUT2D eigenvalue weighted by Gasteiger charge is -2.15. The van der Waals surface area contributed by atoms with Crippen LogP contribution >= 0.6 is 11.6 Å². The fourth-order valence-electron chi connectivity index (χ4n) is 2.14. The fraction of sp³-hybridized carbons (Fsp3) is 0.235. The quantitative estimate of drug-likeness (QED) is 0.800. The number of carbonyl (C=O) groups is 1. The van der Waals surface area contributed by atoms with Crippen molar-refractivity contribution >= 4 is 28.9 Å². The first-order valence-electron chi connectivity index (χ1n) is 7.16. The van der Waals surface area contributed by atoms with Gasteiger partial charge in [-0.05, 0) is 18.2 Å². The molecule has 0 heterocycles. The monoisotopic (exact) mass is 350 g/mol. The Bertz CT molecular complexity index is 696. The van der Waals surface area contributed by atoms with Crippen LogP contribution in [0.25, 0.3) is 0 Å². The Morgan fingerprint density at radius 2 is 1.67 bits per heavy atom. The number of anilines is 2. The van der Waals surface area contributed by atoms with Crippen molar-refractivity contribution in [1.82, 2.24) is 0 Å². The molecular weight excluding hydrogens is 332 g/mol. The van der Waals surface area contributed by atoms with Gasteiger partial charge in [0.05, 0.1) is 27.9 Å². The van der Waals surface area contributed by atoms with Crippen LogP contribution in [-0.4, -0.2) is 33.8 Å². The van der Waals surface area contributed by atoms with E-state index in [2.05, 4.69) is 10.6 Å². The van der Waals surface area contributed by atoms with Crippen LogP contribution in [0.3, 0.4) is 0 Å². The van der Waals surface area contributed by atoms with Crippen molar-refractivity contribution in [3.63, 3.8) is 0 Å². The first-order chi connectivity index (χ1) is 11.6. The zero-order valence-electron chi connectivity index (χ0n) is 13.7. The first kappa shape index (κ1) is 17.7. The molecule has 2 N–H and O–H groups in total. The highest BCUT2D eigenvalue weighted by molar-refractivity contribution is 6.30. The Labute approximate surface area is 145 Å². The minimum atomic E-state index is -0.218. The summed E-state index contributed by atoms with van der Waals surface area (Å²) in [5, 5.41) is 6.38. The summed E-state index contributed by atoms with van der Waals surface area (Å²) < 4.78 is 15.8. The van der Waals surface area contributed by atoms with Crippen molar-refractivity contribution in [2.75, 3.05) is 38.5 Å². The summed E-state index contributed by atoms with van der Waals surface area (Å²) in [5.41, 5.74) is 1.31. The normalized spacial score (nSPS) is 10.0. The van der Waals surface area contributed by atoms with E-state index in [1.807, 2.05) is 12.1 Å². The zero-order chi connectivity index (χ0) is 17.5. The molecular formula is C17H19ClN2O4. The standard InChI is InChI=1S/C17H19ClN2O4/c1-22-14-8-13(9-15(23-2)17(14)24-3)20-16(21)10-19-12-6-4-5-11(18)7-12/h4-9,19H,10H2,1-3H3,(H,20,21). The lowest BCUT2D eigenvalue weighted by Crippen LogP contribution is -2.21. The van der Waals surface area contributed by atoms with Gasteiger partial charge in [-0.3, -0.25) is 4.79 Å². The van der Waals surface area contributed by atoms with Gasteiger partial charge in [-0.25, -0.2) is 0 Å². The molecule has 0 bridgehead atoms. The molecule has 2 aromatic carbocycles. The molecule has 2 rings (SSSR count). The molecule has 1 amide bonds. The summed E-state index contributed by atoms with van der Waals surface area (Å²) in [6, 6.07) is 10.5. The van der Waals surface area contributed by atoms with E-state index in [9.17, 15) is 4.79 Å². The molecule has 0 radical (unpaired) electrons. The van der Waals surface area contributed by atoms with E-state index >= 15 is 0 Å². The molecule has 0 aliphatic carbocycles. The Kier molecular flexibility index (Phi) is 6.14. The van der Waals surface area contributed by atoms with Gasteiger partial charge in [-0.1, -0.05) is 17.7 Å². The van der Waals surface area contributed by atoms with Gasteiger partial charge in [-0.15, -0.1) is 0 Å². The van der Waals surface area contributed by atoms with E-state index < -0.39 is 0 Å². The van der Waals surface area contributed by atoms with E-state index in [1.165, 1.54) is 21.3 Å². The van der Waals surface area contributed by atoms with Crippen LogP contribution in [0, 0.1) is 0 Å². The Morgan fingerprint density at radius 3 is 2.21 bits per heavy atom. The maximum atomic E-state index is 12.1. The molecule has 0 atom stereocenters. The minimum absolute atomic E-state index is 0.0942. The molecule has 24 heavy (non-hydrogen) atoms. The van der Waals surface area contributed by atoms with Crippen molar-refractivity contribution < 1.29 is 19.0 Å². The second-order valence-corrected chi connectivity index (χ2v) is 5.26. The van der Waals surface area contributed by atoms with Crippen molar-refractivity contribution in [3.05, 3.63) is 41.4 Å². The minimum Gasteiger partial charge on any atom is -0.493 e. The number of rotatable bonds is 7. The number of methoxy groups -OCH3 is 3. The number of amides is 1. The summed E-state index contributed by atoms with van der Waals surface area (Å²) in [5.74, 6) is 1.18. The fourth-order valence-corrected chi connectivity index (χ4v) is 2.33. The van der Waals surface area contributed by atoms with E-state index in [0.29, 0.717) is 28.0 Å². The van der Waals surface area contributed by atoms with Crippen LogP contribution in [0.1, 0.15) is 0 Å². The summed E-state index contributed by atoms with van der Waals surface area (Å²) >= 11 is 5.91. The third-order valence-electron chi connectivity index (χ3n) is 3.23. The molecule has 128 valence electrons. The third-order valence-corrected chi connectivity index (χ3v) is 3.46. The van der Waals surface area contributed by atoms with Crippen molar-refractivity contribution in [3.8, 4) is 17.2 Å². The summed E-state index contributed by atoms with van der Waals surface area (Å²) in [6.07, 6.45) is 0. The molecule has 0 saturated heterocycles. The highest BCUT2D eigenvalue weighted by Gasteiger charge is 2.14. The summed E-state index contributed by atoms with van der Waals surface area (Å²) in [6.45, 7) is 0.0942. The van der Waals surface area contributed by atoms with Gasteiger partial charge in [0.2, 0.25) is 11.7 Å². The van der Waals surface area contributed by atoms with Crippen LogP contribution in [0.5, 0.6) is 17.2 Å². The van der Waals surface area contributed by atoms with Crippen LogP contribution in [0.15, 0.2) is 36.4 Å². The van der Waals surface area contributed by atoms with E-state index in [0.717, 1.165) is 5.69 Å². The zero-order valence-corrected chi connectivity index (χ0v) is 14.4. The van der Waals surface area contributed by atoms with E-state index in [1.54, 1.807) is 24.3 Å². The molecule has 0 aliphatic heterocycles. The molecule has 7 heteroatoms. The number of nitrogens with one attached hydrogen (secondary N) is 2. The number of benzene rings is 2. The van der Waals surface area contributed by atoms with Crippen LogP contribution in [0.2, 0.25) is 5.02 Å². The van der Waals surface area contributed by atoms with Crippen LogP contribution in [0.4, 0.5) is 11.4 Å². The second kappa shape index (κ2) is 8.31. The molecule has 0 unspecified atom stereocenters. The predicted molar refractivity (Wildman–Crippen MR) is 94.7 cm³/mol. The van der Waals surface area contributed by atoms with E-state index in [-0.39, 0.29) is 12.5 Å². The van der Waals surface area contributed by atoms with Crippen molar-refractivity contribution in [2.24, 2.45) is 0 Å². The Hall–Kier alpha value is -2.60. The first-order valence-corrected chi connectivity index (χ1v) is 7.54. The number of ether oxygens (including phenoxy) is 3. The van der Waals surface area contributed by atoms with Crippen molar-refractivity contribution in [1.29, 1.82) is 0 Å². The SMILES string of the molecule is COc1cc(NC(=O)CNc2cccc(Cl)c2)cc(OC)c1OC. The number of carbonyl (C=O) groups excluding carboxylic acids is 1. The molecule has 0 spiro atoms. The predicted octanol–water partition coefficient (Wildman–Crippen LogP) is 3.42. The average molecular weight is 351 g/mol. The van der Waals surface area contributed by atoms with Gasteiger partial charge in [-0.2, -0.15) is 0 Å². The van der Waals surface area contributed by atoms with Gasteiger partial charge in [0.15, 0.2) is 11.5 Å². The number of halogens is 1. The van der Waals surface area contributed by atoms with Gasteiger partial charge in [0.1, 0.15) is 0 Å². The topological polar surface area (TPSA) is 68.8 Å². The molecule has 0 aromatic heterocycles. The van der Waals surface area contributed by atoms with Gasteiger partial charge >= 0.3 is 0 Å². The average Bonchev–Trinajstić information content (AvgIpc) is 2.59.